The van der Waals surface area contributed by atoms with Crippen LogP contribution in [0.25, 0.3) is 10.2 Å². The first-order valence-corrected chi connectivity index (χ1v) is 12.8. The molecule has 2 heterocycles. The Morgan fingerprint density at radius 2 is 1.73 bits per heavy atom. The van der Waals surface area contributed by atoms with E-state index >= 15 is 0 Å². The highest BCUT2D eigenvalue weighted by atomic mass is 32.2. The summed E-state index contributed by atoms with van der Waals surface area (Å²) in [5.41, 5.74) is 1.51. The summed E-state index contributed by atoms with van der Waals surface area (Å²) in [4.78, 5) is 18.1. The molecule has 4 aromatic rings. The number of thiazole rings is 1. The number of aryl methyl sites for hydroxylation is 1. The average molecular weight is 479 g/mol. The van der Waals surface area contributed by atoms with Crippen molar-refractivity contribution in [3.8, 4) is 23.0 Å². The topological polar surface area (TPSA) is 62.1 Å². The van der Waals surface area contributed by atoms with Crippen LogP contribution in [0.4, 0.5) is 0 Å². The Bertz CT molecular complexity index is 1340. The standard InChI is InChI=1S/C25H22N2O4S2/c1-32-14-11-27-20-15-21-22(30-13-12-29-21)16-23(20)33-25(27)26-24(28)17-7-9-19(10-8-17)31-18-5-3-2-4-6-18/h2-10,15-16H,11-14H2,1H3. The normalized spacial score (nSPS) is 13.3. The number of amides is 1. The van der Waals surface area contributed by atoms with Crippen molar-refractivity contribution in [2.45, 2.75) is 6.54 Å². The average Bonchev–Trinajstić information content (AvgIpc) is 3.17. The lowest BCUT2D eigenvalue weighted by Crippen LogP contribution is -2.18. The van der Waals surface area contributed by atoms with E-state index in [4.69, 9.17) is 14.2 Å². The lowest BCUT2D eigenvalue weighted by atomic mass is 10.2. The maximum atomic E-state index is 13.0. The SMILES string of the molecule is CSCCn1c(=NC(=O)c2ccc(Oc3ccccc3)cc2)sc2cc3c(cc21)OCCO3. The number of rotatable bonds is 6. The molecule has 3 aromatic carbocycles. The van der Waals surface area contributed by atoms with Crippen LogP contribution in [0, 0.1) is 0 Å². The van der Waals surface area contributed by atoms with Gasteiger partial charge in [0.15, 0.2) is 16.3 Å². The summed E-state index contributed by atoms with van der Waals surface area (Å²) in [6.45, 7) is 1.82. The van der Waals surface area contributed by atoms with Gasteiger partial charge in [0, 0.05) is 30.0 Å². The fourth-order valence-corrected chi connectivity index (χ4v) is 4.96. The van der Waals surface area contributed by atoms with Crippen molar-refractivity contribution in [3.05, 3.63) is 77.1 Å². The second-order valence-corrected chi connectivity index (χ2v) is 9.34. The smallest absolute Gasteiger partial charge is 0.279 e. The Morgan fingerprint density at radius 1 is 1.03 bits per heavy atom. The van der Waals surface area contributed by atoms with Crippen molar-refractivity contribution in [1.82, 2.24) is 4.57 Å². The van der Waals surface area contributed by atoms with Crippen molar-refractivity contribution < 1.29 is 19.0 Å². The summed E-state index contributed by atoms with van der Waals surface area (Å²) in [5.74, 6) is 3.50. The van der Waals surface area contributed by atoms with Gasteiger partial charge in [0.05, 0.1) is 10.2 Å². The molecule has 0 saturated heterocycles. The molecule has 6 nitrogen and oxygen atoms in total. The van der Waals surface area contributed by atoms with Gasteiger partial charge in [-0.2, -0.15) is 16.8 Å². The predicted octanol–water partition coefficient (Wildman–Crippen LogP) is 5.37. The summed E-state index contributed by atoms with van der Waals surface area (Å²) in [7, 11) is 0. The molecule has 0 spiro atoms. The molecule has 1 aromatic heterocycles. The number of para-hydroxylation sites is 1. The number of fused-ring (bicyclic) bond motifs is 2. The third kappa shape index (κ3) is 4.77. The highest BCUT2D eigenvalue weighted by Crippen LogP contribution is 2.35. The molecule has 1 aliphatic rings. The fourth-order valence-electron chi connectivity index (χ4n) is 3.53. The molecule has 0 unspecified atom stereocenters. The number of aromatic nitrogens is 1. The second-order valence-electron chi connectivity index (χ2n) is 7.35. The van der Waals surface area contributed by atoms with E-state index in [0.29, 0.717) is 29.3 Å². The van der Waals surface area contributed by atoms with Crippen LogP contribution in [0.15, 0.2) is 71.7 Å². The molecule has 0 atom stereocenters. The van der Waals surface area contributed by atoms with Crippen LogP contribution < -0.4 is 19.0 Å². The van der Waals surface area contributed by atoms with Gasteiger partial charge in [-0.15, -0.1) is 0 Å². The molecule has 33 heavy (non-hydrogen) atoms. The van der Waals surface area contributed by atoms with Gasteiger partial charge in [0.25, 0.3) is 5.91 Å². The molecule has 0 aliphatic carbocycles. The van der Waals surface area contributed by atoms with Crippen LogP contribution in [0.5, 0.6) is 23.0 Å². The highest BCUT2D eigenvalue weighted by molar-refractivity contribution is 7.98. The van der Waals surface area contributed by atoms with Gasteiger partial charge in [-0.25, -0.2) is 0 Å². The number of benzene rings is 3. The minimum atomic E-state index is -0.289. The quantitative estimate of drug-likeness (QED) is 0.373. The van der Waals surface area contributed by atoms with Gasteiger partial charge >= 0.3 is 0 Å². The van der Waals surface area contributed by atoms with Crippen LogP contribution in [0.1, 0.15) is 10.4 Å². The van der Waals surface area contributed by atoms with Gasteiger partial charge < -0.3 is 18.8 Å². The third-order valence-corrected chi connectivity index (χ3v) is 6.78. The Labute approximate surface area is 199 Å². The number of nitrogens with zero attached hydrogens (tertiary/aromatic N) is 2. The van der Waals surface area contributed by atoms with Crippen LogP contribution in [0.2, 0.25) is 0 Å². The Hall–Kier alpha value is -3.23. The largest absolute Gasteiger partial charge is 0.486 e. The highest BCUT2D eigenvalue weighted by Gasteiger charge is 2.17. The number of thioether (sulfide) groups is 1. The summed E-state index contributed by atoms with van der Waals surface area (Å²) >= 11 is 3.23. The molecule has 0 fully saturated rings. The molecule has 5 rings (SSSR count). The van der Waals surface area contributed by atoms with Crippen LogP contribution in [-0.4, -0.2) is 35.7 Å². The van der Waals surface area contributed by atoms with Crippen molar-refractivity contribution in [3.63, 3.8) is 0 Å². The molecule has 1 aliphatic heterocycles. The maximum absolute atomic E-state index is 13.0. The zero-order chi connectivity index (χ0) is 22.6. The summed E-state index contributed by atoms with van der Waals surface area (Å²) in [5, 5.41) is 0. The van der Waals surface area contributed by atoms with Crippen molar-refractivity contribution in [1.29, 1.82) is 0 Å². The van der Waals surface area contributed by atoms with Gasteiger partial charge in [0.2, 0.25) is 0 Å². The maximum Gasteiger partial charge on any atom is 0.279 e. The van der Waals surface area contributed by atoms with Crippen LogP contribution >= 0.6 is 23.1 Å². The molecular formula is C25H22N2O4S2. The molecule has 0 N–H and O–H groups in total. The van der Waals surface area contributed by atoms with E-state index in [9.17, 15) is 4.79 Å². The van der Waals surface area contributed by atoms with E-state index in [0.717, 1.165) is 39.8 Å². The minimum absolute atomic E-state index is 0.289. The lowest BCUT2D eigenvalue weighted by Gasteiger charge is -2.18. The van der Waals surface area contributed by atoms with Crippen molar-refractivity contribution in [2.24, 2.45) is 4.99 Å². The fraction of sp³-hybridized carbons (Fsp3) is 0.200. The molecule has 0 saturated carbocycles. The van der Waals surface area contributed by atoms with Gasteiger partial charge in [-0.3, -0.25) is 4.79 Å². The summed E-state index contributed by atoms with van der Waals surface area (Å²) < 4.78 is 20.4. The molecule has 0 bridgehead atoms. The monoisotopic (exact) mass is 478 g/mol. The number of carbonyl (C=O) groups is 1. The Balaban J connectivity index is 1.46. The predicted molar refractivity (Wildman–Crippen MR) is 132 cm³/mol. The van der Waals surface area contributed by atoms with Crippen molar-refractivity contribution in [2.75, 3.05) is 25.2 Å². The van der Waals surface area contributed by atoms with E-state index in [1.165, 1.54) is 11.3 Å². The van der Waals surface area contributed by atoms with E-state index in [2.05, 4.69) is 15.8 Å². The molecule has 168 valence electrons. The first kappa shape index (κ1) is 21.6. The van der Waals surface area contributed by atoms with E-state index < -0.39 is 0 Å². The first-order valence-electron chi connectivity index (χ1n) is 10.6. The summed E-state index contributed by atoms with van der Waals surface area (Å²) in [6, 6.07) is 20.5. The van der Waals surface area contributed by atoms with E-state index in [1.807, 2.05) is 42.5 Å². The molecule has 8 heteroatoms. The molecule has 1 amide bonds. The van der Waals surface area contributed by atoms with Gasteiger partial charge in [-0.1, -0.05) is 29.5 Å². The second kappa shape index (κ2) is 9.72. The van der Waals surface area contributed by atoms with Crippen LogP contribution in [-0.2, 0) is 6.54 Å². The Morgan fingerprint density at radius 3 is 2.45 bits per heavy atom. The van der Waals surface area contributed by atoms with Crippen molar-refractivity contribution >= 4 is 39.2 Å². The van der Waals surface area contributed by atoms with E-state index in [1.54, 1.807) is 36.0 Å². The number of hydrogen-bond acceptors (Lipinski definition) is 6. The zero-order valence-electron chi connectivity index (χ0n) is 18.0. The first-order chi connectivity index (χ1) is 16.2. The number of carbonyl (C=O) groups excluding carboxylic acids is 1. The Kier molecular flexibility index (Phi) is 6.37. The number of hydrogen-bond donors (Lipinski definition) is 0. The molecule has 0 radical (unpaired) electrons. The summed E-state index contributed by atoms with van der Waals surface area (Å²) in [6.07, 6.45) is 2.06. The number of ether oxygens (including phenoxy) is 3. The lowest BCUT2D eigenvalue weighted by molar-refractivity contribution is 0.0998. The van der Waals surface area contributed by atoms with Crippen LogP contribution in [0.3, 0.4) is 0 Å². The van der Waals surface area contributed by atoms with E-state index in [-0.39, 0.29) is 5.91 Å². The van der Waals surface area contributed by atoms with Gasteiger partial charge in [-0.05, 0) is 42.7 Å². The van der Waals surface area contributed by atoms with Gasteiger partial charge in [0.1, 0.15) is 24.7 Å². The third-order valence-electron chi connectivity index (χ3n) is 5.14. The molecular weight excluding hydrogens is 456 g/mol. The minimum Gasteiger partial charge on any atom is -0.486 e. The zero-order valence-corrected chi connectivity index (χ0v) is 19.7.